The summed E-state index contributed by atoms with van der Waals surface area (Å²) in [6.07, 6.45) is 19.9. The molecule has 0 spiro atoms. The Hall–Kier alpha value is -0.180. The van der Waals surface area contributed by atoms with Crippen molar-refractivity contribution in [1.29, 1.82) is 0 Å². The van der Waals surface area contributed by atoms with Crippen molar-refractivity contribution in [3.8, 4) is 0 Å². The van der Waals surface area contributed by atoms with Gasteiger partial charge in [0.1, 0.15) is 6.61 Å². The number of carbonyl (C=O) groups excluding carboxylic acids is 1. The fourth-order valence-electron chi connectivity index (χ4n) is 2.08. The maximum atomic E-state index is 11.3. The Morgan fingerprint density at radius 3 is 2.04 bits per heavy atom. The van der Waals surface area contributed by atoms with Crippen LogP contribution >= 0.6 is 34.8 Å². The van der Waals surface area contributed by atoms with Gasteiger partial charge in [-0.1, -0.05) is 111 Å². The number of hydrogen-bond acceptors (Lipinski definition) is 2. The molecule has 0 aliphatic rings. The summed E-state index contributed by atoms with van der Waals surface area (Å²) in [5.74, 6) is -0.510. The van der Waals surface area contributed by atoms with Crippen LogP contribution in [0.4, 0.5) is 0 Å². The van der Waals surface area contributed by atoms with E-state index in [0.29, 0.717) is 0 Å². The van der Waals surface area contributed by atoms with E-state index >= 15 is 0 Å². The van der Waals surface area contributed by atoms with Gasteiger partial charge >= 0.3 is 5.97 Å². The van der Waals surface area contributed by atoms with Gasteiger partial charge < -0.3 is 4.74 Å². The summed E-state index contributed by atoms with van der Waals surface area (Å²) in [5.41, 5.74) is 0. The van der Waals surface area contributed by atoms with Crippen LogP contribution in [-0.4, -0.2) is 16.4 Å². The number of unbranched alkanes of at least 4 members (excludes halogenated alkanes) is 9. The van der Waals surface area contributed by atoms with Gasteiger partial charge in [-0.2, -0.15) is 0 Å². The fraction of sp³-hybridized carbons (Fsp3) is 0.722. The molecule has 0 amide bonds. The predicted octanol–water partition coefficient (Wildman–Crippen LogP) is 6.93. The van der Waals surface area contributed by atoms with Crippen molar-refractivity contribution < 1.29 is 9.53 Å². The van der Waals surface area contributed by atoms with Crippen LogP contribution in [-0.2, 0) is 9.53 Å². The summed E-state index contributed by atoms with van der Waals surface area (Å²) in [7, 11) is 0. The van der Waals surface area contributed by atoms with E-state index < -0.39 is 9.76 Å². The van der Waals surface area contributed by atoms with Gasteiger partial charge in [-0.25, -0.2) is 4.79 Å². The quantitative estimate of drug-likeness (QED) is 0.113. The molecule has 0 aromatic heterocycles. The van der Waals surface area contributed by atoms with Crippen LogP contribution in [0.1, 0.15) is 71.1 Å². The second-order valence-electron chi connectivity index (χ2n) is 5.63. The molecule has 0 unspecified atom stereocenters. The Balaban J connectivity index is 3.43. The van der Waals surface area contributed by atoms with E-state index in [-0.39, 0.29) is 6.61 Å². The van der Waals surface area contributed by atoms with Crippen LogP contribution in [0, 0.1) is 0 Å². The smallest absolute Gasteiger partial charge is 0.330 e. The molecule has 0 bridgehead atoms. The van der Waals surface area contributed by atoms with E-state index in [4.69, 9.17) is 39.5 Å². The molecule has 0 aliphatic carbocycles. The number of halogens is 3. The van der Waals surface area contributed by atoms with E-state index in [1.807, 2.05) is 6.08 Å². The second-order valence-corrected chi connectivity index (χ2v) is 8.14. The lowest BCUT2D eigenvalue weighted by atomic mass is 10.1. The lowest BCUT2D eigenvalue weighted by Gasteiger charge is -2.09. The highest BCUT2D eigenvalue weighted by Crippen LogP contribution is 2.25. The molecule has 0 N–H and O–H groups in total. The number of carbonyl (C=O) groups is 1. The molecule has 0 atom stereocenters. The SMILES string of the molecule is CCCCCCCCCCCC=CC=CC(=O)OCC(Cl)(Cl)Cl. The summed E-state index contributed by atoms with van der Waals surface area (Å²) >= 11 is 16.4. The molecule has 2 nitrogen and oxygen atoms in total. The van der Waals surface area contributed by atoms with E-state index in [0.717, 1.165) is 6.42 Å². The average Bonchev–Trinajstić information content (AvgIpc) is 2.49. The Bertz CT molecular complexity index is 347. The highest BCUT2D eigenvalue weighted by atomic mass is 35.6. The molecule has 0 saturated heterocycles. The molecule has 23 heavy (non-hydrogen) atoms. The average molecular weight is 384 g/mol. The minimum Gasteiger partial charge on any atom is -0.458 e. The van der Waals surface area contributed by atoms with Gasteiger partial charge in [-0.05, 0) is 12.8 Å². The molecule has 134 valence electrons. The van der Waals surface area contributed by atoms with Crippen molar-refractivity contribution in [2.45, 2.75) is 74.9 Å². The normalized spacial score (nSPS) is 12.3. The van der Waals surface area contributed by atoms with E-state index in [1.165, 1.54) is 63.9 Å². The Kier molecular flexibility index (Phi) is 15.2. The molecule has 5 heteroatoms. The topological polar surface area (TPSA) is 26.3 Å². The van der Waals surface area contributed by atoms with Crippen LogP contribution in [0.25, 0.3) is 0 Å². The lowest BCUT2D eigenvalue weighted by molar-refractivity contribution is -0.137. The number of rotatable bonds is 13. The molecular weight excluding hydrogens is 355 g/mol. The Morgan fingerprint density at radius 2 is 1.48 bits per heavy atom. The van der Waals surface area contributed by atoms with Crippen LogP contribution in [0.3, 0.4) is 0 Å². The summed E-state index contributed by atoms with van der Waals surface area (Å²) < 4.78 is 3.20. The zero-order valence-electron chi connectivity index (χ0n) is 14.0. The van der Waals surface area contributed by atoms with Gasteiger partial charge in [-0.15, -0.1) is 0 Å². The summed E-state index contributed by atoms with van der Waals surface area (Å²) in [5, 5.41) is 0. The van der Waals surface area contributed by atoms with E-state index in [1.54, 1.807) is 6.08 Å². The third kappa shape index (κ3) is 19.8. The molecule has 0 rings (SSSR count). The number of hydrogen-bond donors (Lipinski definition) is 0. The minimum atomic E-state index is -1.56. The first kappa shape index (κ1) is 22.8. The molecule has 0 radical (unpaired) electrons. The summed E-state index contributed by atoms with van der Waals surface area (Å²) in [6.45, 7) is 2.00. The first-order valence-corrected chi connectivity index (χ1v) is 9.66. The highest BCUT2D eigenvalue weighted by molar-refractivity contribution is 6.67. The predicted molar refractivity (Wildman–Crippen MR) is 101 cm³/mol. The Morgan fingerprint density at radius 1 is 0.913 bits per heavy atom. The number of esters is 1. The summed E-state index contributed by atoms with van der Waals surface area (Å²) in [6, 6.07) is 0. The zero-order chi connectivity index (χ0) is 17.4. The van der Waals surface area contributed by atoms with Crippen molar-refractivity contribution >= 4 is 40.8 Å². The van der Waals surface area contributed by atoms with Crippen LogP contribution in [0.2, 0.25) is 0 Å². The highest BCUT2D eigenvalue weighted by Gasteiger charge is 2.21. The number of alkyl halides is 3. The van der Waals surface area contributed by atoms with Gasteiger partial charge in [0.25, 0.3) is 0 Å². The third-order valence-corrected chi connectivity index (χ3v) is 3.66. The van der Waals surface area contributed by atoms with Crippen molar-refractivity contribution in [1.82, 2.24) is 0 Å². The van der Waals surface area contributed by atoms with Crippen molar-refractivity contribution in [2.24, 2.45) is 0 Å². The maximum Gasteiger partial charge on any atom is 0.330 e. The van der Waals surface area contributed by atoms with Crippen LogP contribution in [0.5, 0.6) is 0 Å². The van der Waals surface area contributed by atoms with Gasteiger partial charge in [0.15, 0.2) is 0 Å². The summed E-state index contributed by atoms with van der Waals surface area (Å²) in [4.78, 5) is 11.3. The van der Waals surface area contributed by atoms with E-state index in [9.17, 15) is 4.79 Å². The largest absolute Gasteiger partial charge is 0.458 e. The fourth-order valence-corrected chi connectivity index (χ4v) is 2.25. The van der Waals surface area contributed by atoms with Crippen molar-refractivity contribution in [2.75, 3.05) is 6.61 Å². The first-order valence-electron chi connectivity index (χ1n) is 8.52. The van der Waals surface area contributed by atoms with E-state index in [2.05, 4.69) is 13.0 Å². The van der Waals surface area contributed by atoms with Gasteiger partial charge in [0, 0.05) is 6.08 Å². The molecule has 0 aliphatic heterocycles. The lowest BCUT2D eigenvalue weighted by Crippen LogP contribution is -2.15. The Labute approximate surface area is 156 Å². The molecule has 0 fully saturated rings. The monoisotopic (exact) mass is 382 g/mol. The number of ether oxygens (including phenoxy) is 1. The van der Waals surface area contributed by atoms with Crippen molar-refractivity contribution in [3.05, 3.63) is 24.3 Å². The molecule has 0 aromatic rings. The zero-order valence-corrected chi connectivity index (χ0v) is 16.3. The maximum absolute atomic E-state index is 11.3. The first-order chi connectivity index (χ1) is 11.0. The van der Waals surface area contributed by atoms with Gasteiger partial charge in [0.05, 0.1) is 0 Å². The van der Waals surface area contributed by atoms with Crippen molar-refractivity contribution in [3.63, 3.8) is 0 Å². The number of allylic oxidation sites excluding steroid dienone is 3. The van der Waals surface area contributed by atoms with Crippen LogP contribution in [0.15, 0.2) is 24.3 Å². The van der Waals surface area contributed by atoms with Crippen LogP contribution < -0.4 is 0 Å². The minimum absolute atomic E-state index is 0.247. The molecule has 0 saturated carbocycles. The standard InChI is InChI=1S/C18H29Cl3O2/c1-2-3-4-5-6-7-8-9-10-11-12-13-14-15-17(22)23-16-18(19,20)21/h12-15H,2-11,16H2,1H3. The third-order valence-electron chi connectivity index (χ3n) is 3.33. The van der Waals surface area contributed by atoms with Gasteiger partial charge in [-0.3, -0.25) is 0 Å². The van der Waals surface area contributed by atoms with Gasteiger partial charge in [0.2, 0.25) is 3.79 Å². The molecule has 0 heterocycles. The second kappa shape index (κ2) is 15.4. The molecular formula is C18H29Cl3O2. The molecule has 0 aromatic carbocycles.